The molecule has 16 heavy (non-hydrogen) atoms. The van der Waals surface area contributed by atoms with E-state index in [9.17, 15) is 4.39 Å². The number of pyridine rings is 1. The Morgan fingerprint density at radius 1 is 1.25 bits per heavy atom. The summed E-state index contributed by atoms with van der Waals surface area (Å²) >= 11 is 0. The van der Waals surface area contributed by atoms with Crippen molar-refractivity contribution in [2.45, 2.75) is 6.54 Å². The predicted octanol–water partition coefficient (Wildman–Crippen LogP) is 2.09. The largest absolute Gasteiger partial charge is 0.325 e. The van der Waals surface area contributed by atoms with Crippen molar-refractivity contribution in [2.24, 2.45) is 5.73 Å². The number of imidazole rings is 1. The molecule has 0 unspecified atom stereocenters. The van der Waals surface area contributed by atoms with Crippen molar-refractivity contribution < 1.29 is 4.39 Å². The molecular weight excluding hydrogens is 205 g/mol. The van der Waals surface area contributed by atoms with E-state index in [2.05, 4.69) is 4.98 Å². The smallest absolute Gasteiger partial charge is 0.147 e. The number of para-hydroxylation sites is 1. The molecule has 4 heteroatoms. The molecule has 0 amide bonds. The zero-order valence-electron chi connectivity index (χ0n) is 8.52. The molecule has 3 aromatic rings. The Bertz CT molecular complexity index is 672. The van der Waals surface area contributed by atoms with Crippen molar-refractivity contribution in [3.05, 3.63) is 48.0 Å². The Labute approximate surface area is 91.3 Å². The molecule has 0 aliphatic carbocycles. The van der Waals surface area contributed by atoms with E-state index in [0.717, 1.165) is 16.7 Å². The molecule has 3 rings (SSSR count). The van der Waals surface area contributed by atoms with Crippen LogP contribution in [0.25, 0.3) is 16.6 Å². The van der Waals surface area contributed by atoms with Gasteiger partial charge >= 0.3 is 0 Å². The van der Waals surface area contributed by atoms with E-state index < -0.39 is 0 Å². The summed E-state index contributed by atoms with van der Waals surface area (Å²) in [6.45, 7) is 0.359. The first-order valence-electron chi connectivity index (χ1n) is 5.05. The highest BCUT2D eigenvalue weighted by atomic mass is 19.1. The fourth-order valence-electron chi connectivity index (χ4n) is 1.93. The fourth-order valence-corrected chi connectivity index (χ4v) is 1.93. The van der Waals surface area contributed by atoms with Gasteiger partial charge in [0.2, 0.25) is 0 Å². The molecule has 2 N–H and O–H groups in total. The first-order chi connectivity index (χ1) is 7.79. The molecule has 80 valence electrons. The van der Waals surface area contributed by atoms with Crippen molar-refractivity contribution in [2.75, 3.05) is 0 Å². The minimum atomic E-state index is -0.246. The van der Waals surface area contributed by atoms with Crippen LogP contribution in [0.3, 0.4) is 0 Å². The standard InChI is InChI=1S/C12H10FN3/c13-10-3-1-2-8-4-5-11-15-9(6-14)7-16(11)12(8)10/h1-5,7H,6,14H2. The first kappa shape index (κ1) is 9.30. The molecule has 3 nitrogen and oxygen atoms in total. The molecular formula is C12H10FN3. The number of nitrogens with zero attached hydrogens (tertiary/aromatic N) is 2. The van der Waals surface area contributed by atoms with E-state index in [-0.39, 0.29) is 5.82 Å². The number of halogens is 1. The summed E-state index contributed by atoms with van der Waals surface area (Å²) in [5, 5.41) is 0.855. The van der Waals surface area contributed by atoms with Crippen LogP contribution >= 0.6 is 0 Å². The molecule has 2 aromatic heterocycles. The Morgan fingerprint density at radius 2 is 2.12 bits per heavy atom. The maximum atomic E-state index is 13.7. The van der Waals surface area contributed by atoms with Crippen LogP contribution in [-0.4, -0.2) is 9.38 Å². The highest BCUT2D eigenvalue weighted by Gasteiger charge is 2.07. The lowest BCUT2D eigenvalue weighted by atomic mass is 10.2. The van der Waals surface area contributed by atoms with E-state index in [1.165, 1.54) is 6.07 Å². The lowest BCUT2D eigenvalue weighted by Gasteiger charge is -2.02. The number of rotatable bonds is 1. The average molecular weight is 215 g/mol. The normalized spacial score (nSPS) is 11.4. The van der Waals surface area contributed by atoms with Gasteiger partial charge in [-0.2, -0.15) is 0 Å². The minimum absolute atomic E-state index is 0.246. The van der Waals surface area contributed by atoms with Gasteiger partial charge in [0, 0.05) is 18.1 Å². The van der Waals surface area contributed by atoms with E-state index in [0.29, 0.717) is 12.1 Å². The van der Waals surface area contributed by atoms with Gasteiger partial charge in [0.15, 0.2) is 0 Å². The van der Waals surface area contributed by atoms with Gasteiger partial charge in [-0.3, -0.25) is 4.40 Å². The van der Waals surface area contributed by atoms with E-state index in [4.69, 9.17) is 5.73 Å². The van der Waals surface area contributed by atoms with Gasteiger partial charge < -0.3 is 5.73 Å². The number of aromatic nitrogens is 2. The predicted molar refractivity (Wildman–Crippen MR) is 60.5 cm³/mol. The third-order valence-corrected chi connectivity index (χ3v) is 2.66. The topological polar surface area (TPSA) is 43.3 Å². The summed E-state index contributed by atoms with van der Waals surface area (Å²) in [5.74, 6) is -0.246. The van der Waals surface area contributed by atoms with Gasteiger partial charge in [0.05, 0.1) is 11.2 Å². The second-order valence-corrected chi connectivity index (χ2v) is 3.68. The summed E-state index contributed by atoms with van der Waals surface area (Å²) in [6, 6.07) is 8.75. The van der Waals surface area contributed by atoms with Crippen LogP contribution in [0.4, 0.5) is 4.39 Å². The van der Waals surface area contributed by atoms with Crippen molar-refractivity contribution in [1.82, 2.24) is 9.38 Å². The lowest BCUT2D eigenvalue weighted by molar-refractivity contribution is 0.635. The van der Waals surface area contributed by atoms with Crippen molar-refractivity contribution >= 4 is 16.6 Å². The third-order valence-electron chi connectivity index (χ3n) is 2.66. The van der Waals surface area contributed by atoms with Gasteiger partial charge in [0.25, 0.3) is 0 Å². The fraction of sp³-hybridized carbons (Fsp3) is 0.0833. The highest BCUT2D eigenvalue weighted by Crippen LogP contribution is 2.20. The Balaban J connectivity index is 2.51. The number of hydrogen-bond acceptors (Lipinski definition) is 2. The van der Waals surface area contributed by atoms with Crippen LogP contribution in [-0.2, 0) is 6.54 Å². The van der Waals surface area contributed by atoms with E-state index in [1.807, 2.05) is 18.2 Å². The SMILES string of the molecule is NCc1cn2c(ccc3cccc(F)c32)n1. The van der Waals surface area contributed by atoms with Crippen LogP contribution in [0.2, 0.25) is 0 Å². The summed E-state index contributed by atoms with van der Waals surface area (Å²) < 4.78 is 15.5. The number of hydrogen-bond donors (Lipinski definition) is 1. The molecule has 2 heterocycles. The Morgan fingerprint density at radius 3 is 2.94 bits per heavy atom. The quantitative estimate of drug-likeness (QED) is 0.675. The van der Waals surface area contributed by atoms with Gasteiger partial charge in [0.1, 0.15) is 11.5 Å². The van der Waals surface area contributed by atoms with Gasteiger partial charge in [-0.1, -0.05) is 12.1 Å². The zero-order chi connectivity index (χ0) is 11.1. The third kappa shape index (κ3) is 1.20. The number of fused-ring (bicyclic) bond motifs is 3. The molecule has 0 radical (unpaired) electrons. The molecule has 0 atom stereocenters. The maximum Gasteiger partial charge on any atom is 0.147 e. The number of nitrogens with two attached hydrogens (primary N) is 1. The molecule has 0 fully saturated rings. The van der Waals surface area contributed by atoms with Crippen LogP contribution in [0.1, 0.15) is 5.69 Å². The van der Waals surface area contributed by atoms with Gasteiger partial charge in [-0.05, 0) is 18.2 Å². The summed E-state index contributed by atoms with van der Waals surface area (Å²) in [5.41, 5.74) is 7.55. The summed E-state index contributed by atoms with van der Waals surface area (Å²) in [4.78, 5) is 4.29. The minimum Gasteiger partial charge on any atom is -0.325 e. The van der Waals surface area contributed by atoms with Gasteiger partial charge in [-0.15, -0.1) is 0 Å². The molecule has 0 saturated carbocycles. The van der Waals surface area contributed by atoms with Crippen LogP contribution in [0, 0.1) is 5.82 Å². The van der Waals surface area contributed by atoms with Crippen molar-refractivity contribution in [3.63, 3.8) is 0 Å². The highest BCUT2D eigenvalue weighted by molar-refractivity contribution is 5.82. The Kier molecular flexibility index (Phi) is 1.91. The lowest BCUT2D eigenvalue weighted by Crippen LogP contribution is -1.95. The molecule has 0 bridgehead atoms. The molecule has 1 aromatic carbocycles. The van der Waals surface area contributed by atoms with E-state index in [1.54, 1.807) is 16.7 Å². The molecule has 0 saturated heterocycles. The monoisotopic (exact) mass is 215 g/mol. The van der Waals surface area contributed by atoms with Crippen molar-refractivity contribution in [1.29, 1.82) is 0 Å². The molecule has 0 aliphatic heterocycles. The second-order valence-electron chi connectivity index (χ2n) is 3.68. The maximum absolute atomic E-state index is 13.7. The average Bonchev–Trinajstić information content (AvgIpc) is 2.72. The zero-order valence-corrected chi connectivity index (χ0v) is 8.52. The van der Waals surface area contributed by atoms with Crippen LogP contribution in [0.15, 0.2) is 36.5 Å². The van der Waals surface area contributed by atoms with Gasteiger partial charge in [-0.25, -0.2) is 9.37 Å². The second kappa shape index (κ2) is 3.28. The summed E-state index contributed by atoms with van der Waals surface area (Å²) in [6.07, 6.45) is 1.78. The first-order valence-corrected chi connectivity index (χ1v) is 5.05. The molecule has 0 aliphatic rings. The Hall–Kier alpha value is -1.94. The number of benzene rings is 1. The molecule has 0 spiro atoms. The van der Waals surface area contributed by atoms with Crippen LogP contribution < -0.4 is 5.73 Å². The van der Waals surface area contributed by atoms with E-state index >= 15 is 0 Å². The van der Waals surface area contributed by atoms with Crippen molar-refractivity contribution in [3.8, 4) is 0 Å². The summed E-state index contributed by atoms with van der Waals surface area (Å²) in [7, 11) is 0. The van der Waals surface area contributed by atoms with Crippen LogP contribution in [0.5, 0.6) is 0 Å².